The molecule has 3 heterocycles. The zero-order valence-electron chi connectivity index (χ0n) is 16.0. The Labute approximate surface area is 149 Å². The van der Waals surface area contributed by atoms with Crippen LogP contribution in [-0.4, -0.2) is 34.5 Å². The van der Waals surface area contributed by atoms with Crippen LogP contribution < -0.4 is 5.56 Å². The van der Waals surface area contributed by atoms with Crippen LogP contribution in [0.1, 0.15) is 46.8 Å². The highest BCUT2D eigenvalue weighted by Gasteiger charge is 2.45. The summed E-state index contributed by atoms with van der Waals surface area (Å²) < 4.78 is 16.5. The molecule has 2 aromatic heterocycles. The predicted octanol–water partition coefficient (Wildman–Crippen LogP) is 3.58. The molecule has 0 saturated carbocycles. The Kier molecular flexibility index (Phi) is 4.68. The molecule has 7 heteroatoms. The summed E-state index contributed by atoms with van der Waals surface area (Å²) in [5.41, 5.74) is -0.0874. The molecule has 3 atom stereocenters. The highest BCUT2D eigenvalue weighted by atomic mass is 28.4. The predicted molar refractivity (Wildman–Crippen MR) is 100 cm³/mol. The van der Waals surface area contributed by atoms with Crippen LogP contribution in [0.4, 0.5) is 0 Å². The zero-order chi connectivity index (χ0) is 18.4. The number of ether oxygens (including phenoxy) is 1. The maximum Gasteiger partial charge on any atom is 0.258 e. The lowest BCUT2D eigenvalue weighted by Gasteiger charge is -2.39. The summed E-state index contributed by atoms with van der Waals surface area (Å²) in [6, 6.07) is 1.56. The van der Waals surface area contributed by atoms with E-state index in [1.54, 1.807) is 29.1 Å². The van der Waals surface area contributed by atoms with Crippen molar-refractivity contribution in [3.8, 4) is 0 Å². The van der Waals surface area contributed by atoms with E-state index in [4.69, 9.17) is 9.16 Å². The van der Waals surface area contributed by atoms with Gasteiger partial charge in [0.15, 0.2) is 14.5 Å². The highest BCUT2D eigenvalue weighted by Crippen LogP contribution is 2.42. The van der Waals surface area contributed by atoms with Gasteiger partial charge in [0.05, 0.1) is 12.2 Å². The van der Waals surface area contributed by atoms with E-state index in [0.717, 1.165) is 12.8 Å². The van der Waals surface area contributed by atoms with Gasteiger partial charge in [0.25, 0.3) is 5.56 Å². The molecule has 0 unspecified atom stereocenters. The Morgan fingerprint density at radius 2 is 2.08 bits per heavy atom. The van der Waals surface area contributed by atoms with E-state index in [1.165, 1.54) is 0 Å². The van der Waals surface area contributed by atoms with E-state index in [9.17, 15) is 4.79 Å². The first kappa shape index (κ1) is 18.4. The lowest BCUT2D eigenvalue weighted by molar-refractivity contribution is -0.0327. The molecular weight excluding hydrogens is 334 g/mol. The third-order valence-electron chi connectivity index (χ3n) is 5.59. The number of hydrogen-bond donors (Lipinski definition) is 0. The zero-order valence-corrected chi connectivity index (χ0v) is 17.0. The number of nitrogens with zero attached hydrogens (tertiary/aromatic N) is 3. The van der Waals surface area contributed by atoms with Crippen LogP contribution in [0.25, 0.3) is 5.78 Å². The maximum absolute atomic E-state index is 12.0. The molecule has 0 radical (unpaired) electrons. The smallest absolute Gasteiger partial charge is 0.258 e. The van der Waals surface area contributed by atoms with Crippen molar-refractivity contribution in [2.75, 3.05) is 0 Å². The number of hydrogen-bond acceptors (Lipinski definition) is 4. The van der Waals surface area contributed by atoms with Gasteiger partial charge in [-0.3, -0.25) is 13.8 Å². The van der Waals surface area contributed by atoms with Crippen LogP contribution in [0, 0.1) is 0 Å². The van der Waals surface area contributed by atoms with Gasteiger partial charge in [0.1, 0.15) is 0 Å². The van der Waals surface area contributed by atoms with Crippen LogP contribution in [0.2, 0.25) is 18.1 Å². The van der Waals surface area contributed by atoms with Crippen molar-refractivity contribution >= 4 is 14.1 Å². The minimum atomic E-state index is -1.93. The van der Waals surface area contributed by atoms with E-state index >= 15 is 0 Å². The van der Waals surface area contributed by atoms with E-state index in [-0.39, 0.29) is 29.0 Å². The molecule has 25 heavy (non-hydrogen) atoms. The van der Waals surface area contributed by atoms with Gasteiger partial charge in [-0.15, -0.1) is 0 Å². The fourth-order valence-corrected chi connectivity index (χ4v) is 4.36. The molecule has 0 amide bonds. The first-order valence-corrected chi connectivity index (χ1v) is 11.9. The second-order valence-electron chi connectivity index (χ2n) is 8.37. The minimum absolute atomic E-state index is 0.0335. The van der Waals surface area contributed by atoms with Gasteiger partial charge in [0.2, 0.25) is 5.78 Å². The number of imidazole rings is 1. The second-order valence-corrected chi connectivity index (χ2v) is 13.1. The average Bonchev–Trinajstić information content (AvgIpc) is 3.14. The molecule has 1 fully saturated rings. The van der Waals surface area contributed by atoms with Gasteiger partial charge in [-0.2, -0.15) is 0 Å². The molecular formula is C18H29N3O3Si. The van der Waals surface area contributed by atoms with Crippen LogP contribution >= 0.6 is 0 Å². The molecule has 1 aliphatic rings. The van der Waals surface area contributed by atoms with E-state index in [0.29, 0.717) is 5.78 Å². The van der Waals surface area contributed by atoms with Gasteiger partial charge < -0.3 is 9.16 Å². The second kappa shape index (κ2) is 6.37. The van der Waals surface area contributed by atoms with Crippen molar-refractivity contribution in [3.63, 3.8) is 0 Å². The maximum atomic E-state index is 12.0. The molecule has 0 spiro atoms. The van der Waals surface area contributed by atoms with Crippen molar-refractivity contribution < 1.29 is 9.16 Å². The Morgan fingerprint density at radius 3 is 2.72 bits per heavy atom. The first-order chi connectivity index (χ1) is 11.6. The Hall–Kier alpha value is -1.44. The van der Waals surface area contributed by atoms with Gasteiger partial charge in [0, 0.05) is 31.1 Å². The number of aromatic nitrogens is 3. The molecule has 0 bridgehead atoms. The molecule has 0 aromatic carbocycles. The molecule has 1 saturated heterocycles. The van der Waals surface area contributed by atoms with E-state index < -0.39 is 8.32 Å². The summed E-state index contributed by atoms with van der Waals surface area (Å²) >= 11 is 0. The standard InChI is InChI=1S/C18H29N3O3Si/c1-7-13-12-14(24-25(5,6)18(2,3)4)16(23-13)21-10-8-15(22)20-11-9-19-17(20)21/h8-11,13-14,16H,7,12H2,1-6H3/t13-,14-,16-/m1/s1. The SMILES string of the molecule is CC[C@@H]1C[C@@H](O[Si](C)(C)C(C)(C)C)[C@H](n2ccc(=O)n3ccnc23)O1. The summed E-state index contributed by atoms with van der Waals surface area (Å²) in [5.74, 6) is 0.595. The quantitative estimate of drug-likeness (QED) is 0.779. The third-order valence-corrected chi connectivity index (χ3v) is 10.1. The van der Waals surface area contributed by atoms with Gasteiger partial charge in [-0.05, 0) is 24.6 Å². The normalized spacial score (nSPS) is 25.0. The average molecular weight is 364 g/mol. The van der Waals surface area contributed by atoms with E-state index in [2.05, 4.69) is 45.8 Å². The lowest BCUT2D eigenvalue weighted by atomic mass is 10.1. The van der Waals surface area contributed by atoms with Crippen molar-refractivity contribution in [1.29, 1.82) is 0 Å². The van der Waals surface area contributed by atoms with Crippen LogP contribution in [-0.2, 0) is 9.16 Å². The molecule has 0 aliphatic carbocycles. The van der Waals surface area contributed by atoms with Crippen molar-refractivity contribution in [3.05, 3.63) is 35.0 Å². The fourth-order valence-electron chi connectivity index (χ4n) is 3.03. The van der Waals surface area contributed by atoms with Crippen LogP contribution in [0.5, 0.6) is 0 Å². The number of rotatable bonds is 4. The molecule has 0 N–H and O–H groups in total. The summed E-state index contributed by atoms with van der Waals surface area (Å²) in [4.78, 5) is 16.4. The minimum Gasteiger partial charge on any atom is -0.409 e. The Morgan fingerprint density at radius 1 is 1.36 bits per heavy atom. The van der Waals surface area contributed by atoms with Gasteiger partial charge in [-0.1, -0.05) is 27.7 Å². The molecule has 138 valence electrons. The van der Waals surface area contributed by atoms with Crippen LogP contribution in [0.3, 0.4) is 0 Å². The van der Waals surface area contributed by atoms with E-state index in [1.807, 2.05) is 4.57 Å². The summed E-state index contributed by atoms with van der Waals surface area (Å²) in [5, 5.41) is 0.133. The molecule has 1 aliphatic heterocycles. The largest absolute Gasteiger partial charge is 0.409 e. The summed E-state index contributed by atoms with van der Waals surface area (Å²) in [7, 11) is -1.93. The Bertz CT molecular complexity index is 806. The fraction of sp³-hybridized carbons (Fsp3) is 0.667. The van der Waals surface area contributed by atoms with Crippen molar-refractivity contribution in [2.45, 2.75) is 77.1 Å². The molecule has 2 aromatic rings. The molecule has 6 nitrogen and oxygen atoms in total. The van der Waals surface area contributed by atoms with Crippen LogP contribution in [0.15, 0.2) is 29.5 Å². The lowest BCUT2D eigenvalue weighted by Crippen LogP contribution is -2.45. The van der Waals surface area contributed by atoms with Crippen molar-refractivity contribution in [2.24, 2.45) is 0 Å². The number of fused-ring (bicyclic) bond motifs is 1. The summed E-state index contributed by atoms with van der Waals surface area (Å²) in [6.07, 6.45) is 6.78. The van der Waals surface area contributed by atoms with Gasteiger partial charge in [-0.25, -0.2) is 4.98 Å². The first-order valence-electron chi connectivity index (χ1n) is 9.01. The van der Waals surface area contributed by atoms with Gasteiger partial charge >= 0.3 is 0 Å². The molecule has 3 rings (SSSR count). The summed E-state index contributed by atoms with van der Waals surface area (Å²) in [6.45, 7) is 13.4. The third kappa shape index (κ3) is 3.32. The topological polar surface area (TPSA) is 57.8 Å². The monoisotopic (exact) mass is 363 g/mol. The highest BCUT2D eigenvalue weighted by molar-refractivity contribution is 6.74. The van der Waals surface area contributed by atoms with Crippen molar-refractivity contribution in [1.82, 2.24) is 14.0 Å². The Balaban J connectivity index is 1.98.